The largest absolute Gasteiger partial charge is 0.393 e. The molecule has 0 aliphatic heterocycles. The van der Waals surface area contributed by atoms with Crippen LogP contribution in [-0.2, 0) is 0 Å². The predicted molar refractivity (Wildman–Crippen MR) is 117 cm³/mol. The van der Waals surface area contributed by atoms with Crippen molar-refractivity contribution in [1.29, 1.82) is 5.41 Å². The molecule has 0 unspecified atom stereocenters. The van der Waals surface area contributed by atoms with Crippen LogP contribution in [-0.4, -0.2) is 63.8 Å². The van der Waals surface area contributed by atoms with E-state index in [4.69, 9.17) is 5.41 Å². The van der Waals surface area contributed by atoms with E-state index in [-0.39, 0.29) is 23.4 Å². The summed E-state index contributed by atoms with van der Waals surface area (Å²) in [4.78, 5) is 1.61. The third-order valence-electron chi connectivity index (χ3n) is 9.93. The molecule has 0 saturated heterocycles. The molecule has 4 fully saturated rings. The monoisotopic (exact) mass is 420 g/mol. The van der Waals surface area contributed by atoms with Gasteiger partial charge in [0.1, 0.15) is 5.60 Å². The second-order valence-corrected chi connectivity index (χ2v) is 11.3. The highest BCUT2D eigenvalue weighted by atomic mass is 16.3. The highest BCUT2D eigenvalue weighted by Crippen LogP contribution is 2.69. The van der Waals surface area contributed by atoms with E-state index < -0.39 is 16.6 Å². The quantitative estimate of drug-likeness (QED) is 0.267. The number of guanidine groups is 1. The number of nitrogens with one attached hydrogen (secondary N) is 2. The van der Waals surface area contributed by atoms with Crippen LogP contribution in [0.2, 0.25) is 0 Å². The first-order valence-corrected chi connectivity index (χ1v) is 11.7. The molecular weight excluding hydrogens is 380 g/mol. The van der Waals surface area contributed by atoms with Crippen LogP contribution < -0.4 is 5.43 Å². The summed E-state index contributed by atoms with van der Waals surface area (Å²) in [6.45, 7) is 4.43. The summed E-state index contributed by atoms with van der Waals surface area (Å²) in [6.07, 6.45) is 9.04. The lowest BCUT2D eigenvalue weighted by atomic mass is 9.43. The van der Waals surface area contributed by atoms with Gasteiger partial charge >= 0.3 is 0 Å². The molecule has 0 amide bonds. The summed E-state index contributed by atoms with van der Waals surface area (Å²) in [6, 6.07) is 0. The molecule has 7 heteroatoms. The lowest BCUT2D eigenvalue weighted by Gasteiger charge is -2.64. The maximum Gasteiger partial charge on any atom is 0.211 e. The lowest BCUT2D eigenvalue weighted by molar-refractivity contribution is -0.223. The number of hydrogen-bond donors (Lipinski definition) is 5. The summed E-state index contributed by atoms with van der Waals surface area (Å²) < 4.78 is 0. The molecule has 4 rings (SSSR count). The van der Waals surface area contributed by atoms with Crippen molar-refractivity contribution in [3.8, 4) is 0 Å². The van der Waals surface area contributed by atoms with Gasteiger partial charge in [0.2, 0.25) is 5.96 Å². The van der Waals surface area contributed by atoms with E-state index in [9.17, 15) is 15.3 Å². The molecule has 0 aromatic carbocycles. The Morgan fingerprint density at radius 3 is 2.47 bits per heavy atom. The van der Waals surface area contributed by atoms with Crippen LogP contribution in [0.4, 0.5) is 0 Å². The molecule has 0 radical (unpaired) electrons. The zero-order valence-electron chi connectivity index (χ0n) is 19.0. The third kappa shape index (κ3) is 2.95. The Labute approximate surface area is 180 Å². The molecule has 30 heavy (non-hydrogen) atoms. The molecule has 0 aromatic rings. The Hall–Kier alpha value is -1.18. The van der Waals surface area contributed by atoms with Crippen molar-refractivity contribution in [2.45, 2.75) is 88.9 Å². The molecule has 0 spiro atoms. The average molecular weight is 421 g/mol. The van der Waals surface area contributed by atoms with Crippen LogP contribution >= 0.6 is 0 Å². The highest BCUT2D eigenvalue weighted by molar-refractivity contribution is 5.78. The average Bonchev–Trinajstić information content (AvgIpc) is 2.90. The second kappa shape index (κ2) is 7.17. The van der Waals surface area contributed by atoms with Gasteiger partial charge in [-0.05, 0) is 81.0 Å². The Kier molecular flexibility index (Phi) is 5.27. The lowest BCUT2D eigenvalue weighted by Crippen LogP contribution is -2.65. The number of aliphatic hydroxyl groups is 3. The standard InChI is InChI=1S/C23H40N4O3/c1-20-9-7-16(28)13-15(20)5-6-18-17(20)8-10-21(2)22(29,11-12-23(18,21)30)14-25-26-19(24)27(3)4/h14-18,28-30H,5-13H2,1-4H3,(H2,24,26)/b25-14+/t15-,16+,17+,18-,20+,21-,22+,23+/m1/s1. The molecule has 170 valence electrons. The Morgan fingerprint density at radius 1 is 1.03 bits per heavy atom. The number of hydrazone groups is 1. The maximum absolute atomic E-state index is 12.1. The van der Waals surface area contributed by atoms with Gasteiger partial charge in [0.15, 0.2) is 0 Å². The Morgan fingerprint density at radius 2 is 1.77 bits per heavy atom. The normalized spacial score (nSPS) is 50.5. The van der Waals surface area contributed by atoms with E-state index in [1.54, 1.807) is 19.0 Å². The van der Waals surface area contributed by atoms with Gasteiger partial charge in [0, 0.05) is 19.5 Å². The van der Waals surface area contributed by atoms with Gasteiger partial charge in [-0.1, -0.05) is 13.8 Å². The molecule has 0 bridgehead atoms. The fraction of sp³-hybridized carbons (Fsp3) is 0.913. The first-order chi connectivity index (χ1) is 14.0. The molecule has 4 saturated carbocycles. The van der Waals surface area contributed by atoms with Crippen molar-refractivity contribution in [1.82, 2.24) is 10.3 Å². The van der Waals surface area contributed by atoms with E-state index in [1.807, 2.05) is 6.92 Å². The van der Waals surface area contributed by atoms with Crippen LogP contribution in [0.1, 0.15) is 71.6 Å². The first kappa shape index (κ1) is 22.0. The molecule has 8 atom stereocenters. The number of fused-ring (bicyclic) bond motifs is 5. The highest BCUT2D eigenvalue weighted by Gasteiger charge is 2.71. The third-order valence-corrected chi connectivity index (χ3v) is 9.93. The molecule has 5 N–H and O–H groups in total. The summed E-state index contributed by atoms with van der Waals surface area (Å²) in [5.74, 6) is 1.32. The van der Waals surface area contributed by atoms with E-state index >= 15 is 0 Å². The Balaban J connectivity index is 1.59. The van der Waals surface area contributed by atoms with Gasteiger partial charge in [-0.15, -0.1) is 0 Å². The number of rotatable bonds is 2. The van der Waals surface area contributed by atoms with Gasteiger partial charge in [-0.2, -0.15) is 5.10 Å². The fourth-order valence-electron chi connectivity index (χ4n) is 7.76. The van der Waals surface area contributed by atoms with Gasteiger partial charge in [-0.25, -0.2) is 5.43 Å². The molecule has 4 aliphatic rings. The van der Waals surface area contributed by atoms with Crippen molar-refractivity contribution < 1.29 is 15.3 Å². The minimum atomic E-state index is -1.19. The zero-order valence-corrected chi connectivity index (χ0v) is 19.0. The van der Waals surface area contributed by atoms with Gasteiger partial charge in [0.05, 0.1) is 17.9 Å². The second-order valence-electron chi connectivity index (χ2n) is 11.3. The first-order valence-electron chi connectivity index (χ1n) is 11.7. The van der Waals surface area contributed by atoms with Crippen LogP contribution in [0.5, 0.6) is 0 Å². The van der Waals surface area contributed by atoms with Crippen LogP contribution in [0.15, 0.2) is 5.10 Å². The SMILES string of the molecule is CN(C)C(=N)N/N=C/[C@@]1(O)CC[C@]2(O)[C@@H]3CC[C@@H]4C[C@@H](O)CC[C@]4(C)[C@H]3CC[C@]12C. The van der Waals surface area contributed by atoms with Crippen LogP contribution in [0.3, 0.4) is 0 Å². The van der Waals surface area contributed by atoms with Crippen LogP contribution in [0, 0.1) is 34.0 Å². The van der Waals surface area contributed by atoms with Crippen molar-refractivity contribution >= 4 is 12.2 Å². The zero-order chi connectivity index (χ0) is 21.9. The number of hydrogen-bond acceptors (Lipinski definition) is 5. The van der Waals surface area contributed by atoms with Crippen LogP contribution in [0.25, 0.3) is 0 Å². The van der Waals surface area contributed by atoms with Crippen molar-refractivity contribution in [2.75, 3.05) is 14.1 Å². The van der Waals surface area contributed by atoms with Gasteiger partial charge in [0.25, 0.3) is 0 Å². The fourth-order valence-corrected chi connectivity index (χ4v) is 7.76. The molecule has 7 nitrogen and oxygen atoms in total. The molecule has 0 heterocycles. The maximum atomic E-state index is 12.1. The molecular formula is C23H40N4O3. The van der Waals surface area contributed by atoms with Crippen molar-refractivity contribution in [3.63, 3.8) is 0 Å². The number of aliphatic hydroxyl groups excluding tert-OH is 1. The predicted octanol–water partition coefficient (Wildman–Crippen LogP) is 2.31. The Bertz CT molecular complexity index is 729. The smallest absolute Gasteiger partial charge is 0.211 e. The van der Waals surface area contributed by atoms with E-state index in [2.05, 4.69) is 17.5 Å². The summed E-state index contributed by atoms with van der Waals surface area (Å²) in [7, 11) is 3.52. The molecule has 4 aliphatic carbocycles. The minimum Gasteiger partial charge on any atom is -0.393 e. The summed E-state index contributed by atoms with van der Waals surface area (Å²) in [5.41, 5.74) is 0.110. The van der Waals surface area contributed by atoms with Gasteiger partial charge in [-0.3, -0.25) is 5.41 Å². The topological polar surface area (TPSA) is 112 Å². The summed E-state index contributed by atoms with van der Waals surface area (Å²) >= 11 is 0. The van der Waals surface area contributed by atoms with E-state index in [0.29, 0.717) is 24.7 Å². The summed E-state index contributed by atoms with van der Waals surface area (Å²) in [5, 5.41) is 46.0. The van der Waals surface area contributed by atoms with Crippen molar-refractivity contribution in [2.24, 2.45) is 33.7 Å². The van der Waals surface area contributed by atoms with E-state index in [1.165, 1.54) is 6.21 Å². The van der Waals surface area contributed by atoms with Gasteiger partial charge < -0.3 is 20.2 Å². The number of nitrogens with zero attached hydrogens (tertiary/aromatic N) is 2. The van der Waals surface area contributed by atoms with E-state index in [0.717, 1.165) is 44.9 Å². The van der Waals surface area contributed by atoms with Crippen molar-refractivity contribution in [3.05, 3.63) is 0 Å². The molecule has 0 aromatic heterocycles. The minimum absolute atomic E-state index is 0.155.